The average Bonchev–Trinajstić information content (AvgIpc) is 2.29. The number of guanidine groups is 1. The maximum absolute atomic E-state index is 4.37. The van der Waals surface area contributed by atoms with Gasteiger partial charge in [0.1, 0.15) is 0 Å². The molecule has 0 aliphatic carbocycles. The number of nitrogens with one attached hydrogen (secondary N) is 2. The van der Waals surface area contributed by atoms with Gasteiger partial charge in [-0.1, -0.05) is 12.8 Å². The Kier molecular flexibility index (Phi) is 12.1. The van der Waals surface area contributed by atoms with Gasteiger partial charge in [-0.2, -0.15) is 11.8 Å². The molecule has 1 aliphatic heterocycles. The highest BCUT2D eigenvalue weighted by Crippen LogP contribution is 2.03. The van der Waals surface area contributed by atoms with E-state index in [1.807, 2.05) is 11.8 Å². The van der Waals surface area contributed by atoms with Crippen LogP contribution in [-0.2, 0) is 0 Å². The van der Waals surface area contributed by atoms with Crippen molar-refractivity contribution in [2.75, 3.05) is 31.6 Å². The summed E-state index contributed by atoms with van der Waals surface area (Å²) in [7, 11) is 0. The molecule has 0 amide bonds. The van der Waals surface area contributed by atoms with Crippen LogP contribution >= 0.6 is 35.7 Å². The average molecular weight is 357 g/mol. The van der Waals surface area contributed by atoms with Crippen LogP contribution in [-0.4, -0.2) is 37.6 Å². The van der Waals surface area contributed by atoms with Crippen LogP contribution in [0.5, 0.6) is 0 Å². The van der Waals surface area contributed by atoms with Crippen LogP contribution in [0.2, 0.25) is 0 Å². The maximum Gasteiger partial charge on any atom is 0.191 e. The first kappa shape index (κ1) is 16.4. The number of hydrogen-bond acceptors (Lipinski definition) is 4. The normalized spacial score (nSPS) is 14.7. The van der Waals surface area contributed by atoms with Crippen molar-refractivity contribution < 1.29 is 0 Å². The molecule has 0 atom stereocenters. The monoisotopic (exact) mass is 357 g/mol. The van der Waals surface area contributed by atoms with E-state index < -0.39 is 0 Å². The van der Waals surface area contributed by atoms with E-state index in [4.69, 9.17) is 0 Å². The zero-order valence-electron chi connectivity index (χ0n) is 10.1. The molecule has 0 bridgehead atoms. The molecule has 0 unspecified atom stereocenters. The Morgan fingerprint density at radius 2 is 2.12 bits per heavy atom. The van der Waals surface area contributed by atoms with Crippen molar-refractivity contribution >= 4 is 41.7 Å². The quantitative estimate of drug-likeness (QED) is 0.543. The van der Waals surface area contributed by atoms with E-state index in [0.29, 0.717) is 0 Å². The van der Waals surface area contributed by atoms with Crippen molar-refractivity contribution in [1.82, 2.24) is 10.6 Å². The van der Waals surface area contributed by atoms with Crippen LogP contribution in [0.15, 0.2) is 4.99 Å². The van der Waals surface area contributed by atoms with E-state index >= 15 is 0 Å². The summed E-state index contributed by atoms with van der Waals surface area (Å²) in [4.78, 5) is 4.37. The Morgan fingerprint density at radius 3 is 2.81 bits per heavy atom. The van der Waals surface area contributed by atoms with E-state index in [-0.39, 0.29) is 24.0 Å². The lowest BCUT2D eigenvalue weighted by molar-refractivity contribution is 0.638. The first-order chi connectivity index (χ1) is 7.43. The molecule has 0 saturated carbocycles. The molecule has 0 aromatic heterocycles. The van der Waals surface area contributed by atoms with E-state index in [1.165, 1.54) is 37.9 Å². The van der Waals surface area contributed by atoms with E-state index in [0.717, 1.165) is 25.6 Å². The molecule has 0 saturated heterocycles. The van der Waals surface area contributed by atoms with Crippen LogP contribution < -0.4 is 10.6 Å². The Morgan fingerprint density at radius 1 is 1.31 bits per heavy atom. The number of rotatable bonds is 7. The van der Waals surface area contributed by atoms with Crippen LogP contribution in [0.1, 0.15) is 32.1 Å². The van der Waals surface area contributed by atoms with Crippen molar-refractivity contribution in [2.24, 2.45) is 4.99 Å². The molecule has 1 rings (SSSR count). The van der Waals surface area contributed by atoms with Gasteiger partial charge >= 0.3 is 0 Å². The van der Waals surface area contributed by atoms with Crippen molar-refractivity contribution in [3.8, 4) is 0 Å². The molecular formula is C11H24IN3S. The number of nitrogens with zero attached hydrogens (tertiary/aromatic N) is 1. The topological polar surface area (TPSA) is 36.4 Å². The molecular weight excluding hydrogens is 333 g/mol. The summed E-state index contributed by atoms with van der Waals surface area (Å²) >= 11 is 1.94. The molecule has 0 radical (unpaired) electrons. The van der Waals surface area contributed by atoms with Crippen molar-refractivity contribution in [3.05, 3.63) is 0 Å². The fourth-order valence-electron chi connectivity index (χ4n) is 1.58. The third-order valence-corrected chi connectivity index (χ3v) is 3.16. The summed E-state index contributed by atoms with van der Waals surface area (Å²) in [5, 5.41) is 6.61. The molecule has 0 aromatic carbocycles. The van der Waals surface area contributed by atoms with Crippen molar-refractivity contribution in [3.63, 3.8) is 0 Å². The van der Waals surface area contributed by atoms with Crippen LogP contribution in [0.25, 0.3) is 0 Å². The van der Waals surface area contributed by atoms with Gasteiger partial charge in [-0.25, -0.2) is 0 Å². The van der Waals surface area contributed by atoms with E-state index in [2.05, 4.69) is 21.9 Å². The molecule has 16 heavy (non-hydrogen) atoms. The van der Waals surface area contributed by atoms with Gasteiger partial charge in [0.15, 0.2) is 5.96 Å². The predicted octanol–water partition coefficient (Wildman–Crippen LogP) is 2.47. The minimum atomic E-state index is 0. The molecule has 96 valence electrons. The Hall–Kier alpha value is 0.350. The fraction of sp³-hybridized carbons (Fsp3) is 0.909. The SMILES string of the molecule is CSCCCCCCNC1=NCCCN1.I. The van der Waals surface area contributed by atoms with Crippen molar-refractivity contribution in [2.45, 2.75) is 32.1 Å². The second kappa shape index (κ2) is 11.8. The molecule has 2 N–H and O–H groups in total. The second-order valence-electron chi connectivity index (χ2n) is 3.84. The van der Waals surface area contributed by atoms with E-state index in [1.54, 1.807) is 0 Å². The van der Waals surface area contributed by atoms with Gasteiger partial charge < -0.3 is 10.6 Å². The zero-order chi connectivity index (χ0) is 10.8. The first-order valence-corrected chi connectivity index (χ1v) is 7.34. The molecule has 0 spiro atoms. The van der Waals surface area contributed by atoms with Gasteiger partial charge in [-0.05, 0) is 31.3 Å². The van der Waals surface area contributed by atoms with Crippen LogP contribution in [0.4, 0.5) is 0 Å². The van der Waals surface area contributed by atoms with E-state index in [9.17, 15) is 0 Å². The summed E-state index contributed by atoms with van der Waals surface area (Å²) in [6.07, 6.45) is 8.66. The smallest absolute Gasteiger partial charge is 0.191 e. The van der Waals surface area contributed by atoms with Gasteiger partial charge in [-0.15, -0.1) is 24.0 Å². The lowest BCUT2D eigenvalue weighted by Crippen LogP contribution is -2.41. The van der Waals surface area contributed by atoms with Crippen molar-refractivity contribution in [1.29, 1.82) is 0 Å². The largest absolute Gasteiger partial charge is 0.356 e. The summed E-state index contributed by atoms with van der Waals surface area (Å²) in [5.74, 6) is 2.31. The molecule has 5 heteroatoms. The second-order valence-corrected chi connectivity index (χ2v) is 4.83. The summed E-state index contributed by atoms with van der Waals surface area (Å²) in [6, 6.07) is 0. The van der Waals surface area contributed by atoms with Gasteiger partial charge in [-0.3, -0.25) is 4.99 Å². The third-order valence-electron chi connectivity index (χ3n) is 2.46. The highest BCUT2D eigenvalue weighted by molar-refractivity contribution is 14.0. The maximum atomic E-state index is 4.37. The van der Waals surface area contributed by atoms with Crippen LogP contribution in [0, 0.1) is 0 Å². The zero-order valence-corrected chi connectivity index (χ0v) is 13.3. The predicted molar refractivity (Wildman–Crippen MR) is 85.2 cm³/mol. The summed E-state index contributed by atoms with van der Waals surface area (Å²) in [6.45, 7) is 3.10. The summed E-state index contributed by atoms with van der Waals surface area (Å²) in [5.41, 5.74) is 0. The third kappa shape index (κ3) is 8.50. The number of halogens is 1. The molecule has 1 heterocycles. The minimum Gasteiger partial charge on any atom is -0.356 e. The number of hydrogen-bond donors (Lipinski definition) is 2. The molecule has 0 fully saturated rings. The highest BCUT2D eigenvalue weighted by atomic mass is 127. The minimum absolute atomic E-state index is 0. The Balaban J connectivity index is 0.00000225. The number of aliphatic imine (C=N–C) groups is 1. The summed E-state index contributed by atoms with van der Waals surface area (Å²) < 4.78 is 0. The Bertz CT molecular complexity index is 188. The number of thioether (sulfide) groups is 1. The lowest BCUT2D eigenvalue weighted by atomic mass is 10.2. The van der Waals surface area contributed by atoms with Gasteiger partial charge in [0.05, 0.1) is 0 Å². The first-order valence-electron chi connectivity index (χ1n) is 5.94. The fourth-order valence-corrected chi connectivity index (χ4v) is 2.08. The lowest BCUT2D eigenvalue weighted by Gasteiger charge is -2.15. The number of unbranched alkanes of at least 4 members (excludes halogenated alkanes) is 3. The van der Waals surface area contributed by atoms with Gasteiger partial charge in [0.25, 0.3) is 0 Å². The molecule has 3 nitrogen and oxygen atoms in total. The Labute approximate surface area is 121 Å². The molecule has 0 aromatic rings. The van der Waals surface area contributed by atoms with Gasteiger partial charge in [0.2, 0.25) is 0 Å². The molecule has 1 aliphatic rings. The highest BCUT2D eigenvalue weighted by Gasteiger charge is 2.01. The van der Waals surface area contributed by atoms with Crippen LogP contribution in [0.3, 0.4) is 0 Å². The van der Waals surface area contributed by atoms with Gasteiger partial charge in [0, 0.05) is 19.6 Å². The standard InChI is InChI=1S/C11H23N3S.HI/c1-15-10-5-3-2-4-7-12-11-13-8-6-9-14-11;/h2-10H2,1H3,(H2,12,13,14);1H.